The topological polar surface area (TPSA) is 71.8 Å². The largest absolute Gasteiger partial charge is 0.489 e. The number of benzene rings is 2. The van der Waals surface area contributed by atoms with Crippen LogP contribution in [0.4, 0.5) is 8.78 Å². The van der Waals surface area contributed by atoms with Gasteiger partial charge in [0.05, 0.1) is 17.4 Å². The van der Waals surface area contributed by atoms with Crippen LogP contribution >= 0.6 is 0 Å². The number of ether oxygens (including phenoxy) is 1. The Morgan fingerprint density at radius 3 is 2.55 bits per heavy atom. The van der Waals surface area contributed by atoms with E-state index in [1.165, 1.54) is 0 Å². The summed E-state index contributed by atoms with van der Waals surface area (Å²) in [6, 6.07) is 11.9. The first-order valence-electron chi connectivity index (χ1n) is 9.63. The molecule has 1 N–H and O–H groups in total. The molecular formula is C22H24F2N2O4S. The van der Waals surface area contributed by atoms with Gasteiger partial charge in [-0.3, -0.25) is 4.90 Å². The molecule has 0 aliphatic rings. The van der Waals surface area contributed by atoms with Crippen LogP contribution in [-0.4, -0.2) is 33.0 Å². The average molecular weight is 451 g/mol. The maximum atomic E-state index is 13.3. The third kappa shape index (κ3) is 6.61. The monoisotopic (exact) mass is 450 g/mol. The summed E-state index contributed by atoms with van der Waals surface area (Å²) in [6.07, 6.45) is 2.86. The third-order valence-corrected chi connectivity index (χ3v) is 5.90. The predicted molar refractivity (Wildman–Crippen MR) is 112 cm³/mol. The van der Waals surface area contributed by atoms with Crippen LogP contribution < -0.4 is 9.46 Å². The molecule has 0 unspecified atom stereocenters. The first kappa shape index (κ1) is 22.9. The lowest BCUT2D eigenvalue weighted by Crippen LogP contribution is -2.33. The normalized spacial score (nSPS) is 12.8. The molecule has 1 atom stereocenters. The highest BCUT2D eigenvalue weighted by molar-refractivity contribution is 7.89. The van der Waals surface area contributed by atoms with Crippen molar-refractivity contribution >= 4 is 10.0 Å². The first-order chi connectivity index (χ1) is 14.7. The number of rotatable bonds is 10. The summed E-state index contributed by atoms with van der Waals surface area (Å²) in [6.45, 7) is 3.11. The van der Waals surface area contributed by atoms with Crippen LogP contribution in [0.15, 0.2) is 70.4 Å². The van der Waals surface area contributed by atoms with Crippen LogP contribution in [0.5, 0.6) is 5.75 Å². The predicted octanol–water partition coefficient (Wildman–Crippen LogP) is 3.94. The second-order valence-corrected chi connectivity index (χ2v) is 9.07. The lowest BCUT2D eigenvalue weighted by atomic mass is 10.2. The quantitative estimate of drug-likeness (QED) is 0.507. The fraction of sp³-hybridized carbons (Fsp3) is 0.273. The summed E-state index contributed by atoms with van der Waals surface area (Å²) in [4.78, 5) is 1.78. The van der Waals surface area contributed by atoms with Crippen molar-refractivity contribution in [2.24, 2.45) is 0 Å². The summed E-state index contributed by atoms with van der Waals surface area (Å²) in [5.74, 6) is -1.72. The summed E-state index contributed by atoms with van der Waals surface area (Å²) >= 11 is 0. The Bertz CT molecular complexity index is 1100. The molecule has 0 aliphatic carbocycles. The van der Waals surface area contributed by atoms with E-state index in [0.717, 1.165) is 29.8 Å². The molecule has 6 nitrogen and oxygen atoms in total. The van der Waals surface area contributed by atoms with E-state index in [2.05, 4.69) is 9.62 Å². The Morgan fingerprint density at radius 2 is 1.84 bits per heavy atom. The highest BCUT2D eigenvalue weighted by Gasteiger charge is 2.18. The van der Waals surface area contributed by atoms with Crippen LogP contribution in [0.1, 0.15) is 18.1 Å². The molecule has 9 heteroatoms. The summed E-state index contributed by atoms with van der Waals surface area (Å²) in [5, 5.41) is 0. The molecule has 0 spiro atoms. The van der Waals surface area contributed by atoms with Crippen LogP contribution in [0.2, 0.25) is 0 Å². The van der Waals surface area contributed by atoms with E-state index in [4.69, 9.17) is 9.15 Å². The maximum Gasteiger partial charge on any atom is 0.240 e. The number of nitrogens with one attached hydrogen (secondary N) is 1. The summed E-state index contributed by atoms with van der Waals surface area (Å²) in [5.41, 5.74) is 2.12. The van der Waals surface area contributed by atoms with Gasteiger partial charge in [0.2, 0.25) is 10.0 Å². The molecule has 166 valence electrons. The fourth-order valence-corrected chi connectivity index (χ4v) is 4.13. The van der Waals surface area contributed by atoms with Gasteiger partial charge in [0.1, 0.15) is 11.9 Å². The Labute approximate surface area is 180 Å². The zero-order valence-electron chi connectivity index (χ0n) is 17.2. The van der Waals surface area contributed by atoms with Crippen LogP contribution in [-0.2, 0) is 23.1 Å². The van der Waals surface area contributed by atoms with E-state index >= 15 is 0 Å². The van der Waals surface area contributed by atoms with E-state index in [0.29, 0.717) is 18.4 Å². The highest BCUT2D eigenvalue weighted by Crippen LogP contribution is 2.18. The maximum absolute atomic E-state index is 13.3. The molecule has 0 radical (unpaired) electrons. The lowest BCUT2D eigenvalue weighted by molar-refractivity contribution is 0.224. The Hall–Kier alpha value is -2.75. The second kappa shape index (κ2) is 10.0. The van der Waals surface area contributed by atoms with E-state index in [1.54, 1.807) is 25.5 Å². The zero-order valence-corrected chi connectivity index (χ0v) is 18.0. The van der Waals surface area contributed by atoms with Crippen molar-refractivity contribution in [1.82, 2.24) is 9.62 Å². The van der Waals surface area contributed by atoms with Gasteiger partial charge < -0.3 is 9.15 Å². The third-order valence-electron chi connectivity index (χ3n) is 4.48. The van der Waals surface area contributed by atoms with Gasteiger partial charge in [0.25, 0.3) is 0 Å². The van der Waals surface area contributed by atoms with Gasteiger partial charge in [0.15, 0.2) is 11.6 Å². The number of nitrogens with zero attached hydrogens (tertiary/aromatic N) is 1. The molecule has 1 aromatic heterocycles. The van der Waals surface area contributed by atoms with Crippen molar-refractivity contribution in [3.63, 3.8) is 0 Å². The van der Waals surface area contributed by atoms with Gasteiger partial charge in [0, 0.05) is 25.2 Å². The minimum Gasteiger partial charge on any atom is -0.489 e. The van der Waals surface area contributed by atoms with Gasteiger partial charge >= 0.3 is 0 Å². The van der Waals surface area contributed by atoms with E-state index < -0.39 is 27.8 Å². The van der Waals surface area contributed by atoms with Crippen molar-refractivity contribution in [1.29, 1.82) is 0 Å². The van der Waals surface area contributed by atoms with Gasteiger partial charge in [-0.15, -0.1) is 0 Å². The van der Waals surface area contributed by atoms with Crippen LogP contribution in [0.3, 0.4) is 0 Å². The van der Waals surface area contributed by atoms with Gasteiger partial charge in [-0.1, -0.05) is 12.1 Å². The number of furan rings is 1. The molecule has 0 saturated carbocycles. The van der Waals surface area contributed by atoms with Gasteiger partial charge in [-0.05, 0) is 55.9 Å². The SMILES string of the molecule is C[C@H](CNS(=O)(=O)c1ccc(F)c(F)c1)Oc1cccc(CN(C)Cc2ccoc2)c1. The highest BCUT2D eigenvalue weighted by atomic mass is 32.2. The molecule has 0 aliphatic heterocycles. The minimum absolute atomic E-state index is 0.0358. The molecule has 1 heterocycles. The molecule has 0 bridgehead atoms. The van der Waals surface area contributed by atoms with Crippen molar-refractivity contribution in [2.75, 3.05) is 13.6 Å². The Morgan fingerprint density at radius 1 is 1.06 bits per heavy atom. The molecular weight excluding hydrogens is 426 g/mol. The van der Waals surface area contributed by atoms with Crippen molar-refractivity contribution in [3.8, 4) is 5.75 Å². The Balaban J connectivity index is 1.54. The lowest BCUT2D eigenvalue weighted by Gasteiger charge is -2.18. The van der Waals surface area contributed by atoms with Gasteiger partial charge in [-0.25, -0.2) is 21.9 Å². The standard InChI is InChI=1S/C22H24F2N2O4S/c1-16(12-25-31(27,28)20-6-7-21(23)22(24)11-20)30-19-5-3-4-17(10-19)13-26(2)14-18-8-9-29-15-18/h3-11,15-16,25H,12-14H2,1-2H3/t16-/m1/s1. The summed E-state index contributed by atoms with van der Waals surface area (Å²) in [7, 11) is -1.99. The molecule has 3 rings (SSSR count). The van der Waals surface area contributed by atoms with Crippen molar-refractivity contribution in [2.45, 2.75) is 31.0 Å². The van der Waals surface area contributed by atoms with Crippen LogP contribution in [0, 0.1) is 11.6 Å². The molecule has 0 fully saturated rings. The van der Waals surface area contributed by atoms with Crippen molar-refractivity contribution < 1.29 is 26.4 Å². The molecule has 3 aromatic rings. The smallest absolute Gasteiger partial charge is 0.240 e. The second-order valence-electron chi connectivity index (χ2n) is 7.31. The average Bonchev–Trinajstić information content (AvgIpc) is 3.21. The zero-order chi connectivity index (χ0) is 22.4. The number of halogens is 2. The van der Waals surface area contributed by atoms with Crippen LogP contribution in [0.25, 0.3) is 0 Å². The number of hydrogen-bond donors (Lipinski definition) is 1. The molecule has 2 aromatic carbocycles. The molecule has 0 amide bonds. The number of hydrogen-bond acceptors (Lipinski definition) is 5. The molecule has 31 heavy (non-hydrogen) atoms. The molecule has 0 saturated heterocycles. The van der Waals surface area contributed by atoms with E-state index in [1.807, 2.05) is 31.3 Å². The Kier molecular flexibility index (Phi) is 7.42. The van der Waals surface area contributed by atoms with E-state index in [-0.39, 0.29) is 11.4 Å². The fourth-order valence-electron chi connectivity index (χ4n) is 3.01. The number of sulfonamides is 1. The van der Waals surface area contributed by atoms with Crippen molar-refractivity contribution in [3.05, 3.63) is 83.8 Å². The van der Waals surface area contributed by atoms with Gasteiger partial charge in [-0.2, -0.15) is 0 Å². The first-order valence-corrected chi connectivity index (χ1v) is 11.1. The summed E-state index contributed by atoms with van der Waals surface area (Å²) < 4.78 is 64.2. The van der Waals surface area contributed by atoms with E-state index in [9.17, 15) is 17.2 Å². The minimum atomic E-state index is -3.99.